The van der Waals surface area contributed by atoms with Crippen molar-refractivity contribution in [2.24, 2.45) is 4.99 Å². The van der Waals surface area contributed by atoms with Gasteiger partial charge in [0.2, 0.25) is 0 Å². The third kappa shape index (κ3) is 9.30. The SMILES string of the molecule is CCNC(=NCc1ncc(C)s1)N1CCC(OCCCNC(=O)OC(C)(C)C)CC1. The fourth-order valence-electron chi connectivity index (χ4n) is 3.10. The average molecular weight is 440 g/mol. The van der Waals surface area contributed by atoms with Crippen molar-refractivity contribution in [2.45, 2.75) is 72.1 Å². The minimum atomic E-state index is -0.470. The number of ether oxygens (including phenoxy) is 2. The number of carbonyl (C=O) groups excluding carboxylic acids is 1. The molecule has 1 amide bonds. The molecule has 8 nitrogen and oxygen atoms in total. The molecular formula is C21H37N5O3S. The van der Waals surface area contributed by atoms with Crippen LogP contribution in [0.3, 0.4) is 0 Å². The highest BCUT2D eigenvalue weighted by atomic mass is 32.1. The van der Waals surface area contributed by atoms with E-state index in [4.69, 9.17) is 14.5 Å². The zero-order valence-corrected chi connectivity index (χ0v) is 19.8. The molecule has 0 unspecified atom stereocenters. The van der Waals surface area contributed by atoms with Crippen LogP contribution in [0.1, 0.15) is 56.8 Å². The van der Waals surface area contributed by atoms with Crippen LogP contribution in [-0.4, -0.2) is 66.4 Å². The molecule has 0 saturated carbocycles. The zero-order valence-electron chi connectivity index (χ0n) is 19.0. The molecule has 30 heavy (non-hydrogen) atoms. The monoisotopic (exact) mass is 439 g/mol. The predicted molar refractivity (Wildman–Crippen MR) is 121 cm³/mol. The Morgan fingerprint density at radius 2 is 2.07 bits per heavy atom. The van der Waals surface area contributed by atoms with Crippen LogP contribution >= 0.6 is 11.3 Å². The summed E-state index contributed by atoms with van der Waals surface area (Å²) in [6.07, 6.45) is 4.50. The normalized spacial score (nSPS) is 15.9. The largest absolute Gasteiger partial charge is 0.444 e. The van der Waals surface area contributed by atoms with Gasteiger partial charge < -0.3 is 25.0 Å². The van der Waals surface area contributed by atoms with Crippen LogP contribution in [0.4, 0.5) is 4.79 Å². The van der Waals surface area contributed by atoms with Crippen LogP contribution in [0, 0.1) is 6.92 Å². The van der Waals surface area contributed by atoms with E-state index in [2.05, 4.69) is 34.4 Å². The minimum Gasteiger partial charge on any atom is -0.444 e. The van der Waals surface area contributed by atoms with Crippen molar-refractivity contribution in [3.8, 4) is 0 Å². The van der Waals surface area contributed by atoms with Gasteiger partial charge in [-0.1, -0.05) is 0 Å². The number of rotatable bonds is 8. The number of likely N-dealkylation sites (tertiary alicyclic amines) is 1. The van der Waals surface area contributed by atoms with Gasteiger partial charge in [-0.15, -0.1) is 11.3 Å². The van der Waals surface area contributed by atoms with E-state index in [9.17, 15) is 4.79 Å². The Bertz CT molecular complexity index is 678. The minimum absolute atomic E-state index is 0.257. The maximum Gasteiger partial charge on any atom is 0.407 e. The summed E-state index contributed by atoms with van der Waals surface area (Å²) in [4.78, 5) is 24.3. The van der Waals surface area contributed by atoms with Gasteiger partial charge in [-0.3, -0.25) is 0 Å². The molecule has 1 aromatic heterocycles. The molecule has 1 aliphatic rings. The Labute approximate surface area is 184 Å². The lowest BCUT2D eigenvalue weighted by atomic mass is 10.1. The molecule has 0 spiro atoms. The summed E-state index contributed by atoms with van der Waals surface area (Å²) < 4.78 is 11.2. The number of aryl methyl sites for hydroxylation is 1. The molecule has 1 aliphatic heterocycles. The Morgan fingerprint density at radius 1 is 1.33 bits per heavy atom. The zero-order chi connectivity index (χ0) is 22.0. The molecular weight excluding hydrogens is 402 g/mol. The lowest BCUT2D eigenvalue weighted by Gasteiger charge is -2.34. The number of carbonyl (C=O) groups is 1. The summed E-state index contributed by atoms with van der Waals surface area (Å²) in [6, 6.07) is 0. The quantitative estimate of drug-likeness (QED) is 0.367. The number of amides is 1. The maximum atomic E-state index is 11.6. The highest BCUT2D eigenvalue weighted by molar-refractivity contribution is 7.11. The molecule has 1 fully saturated rings. The summed E-state index contributed by atoms with van der Waals surface area (Å²) >= 11 is 1.69. The van der Waals surface area contributed by atoms with Crippen LogP contribution in [0.5, 0.6) is 0 Å². The average Bonchev–Trinajstić information content (AvgIpc) is 3.09. The summed E-state index contributed by atoms with van der Waals surface area (Å²) in [5, 5.41) is 7.20. The summed E-state index contributed by atoms with van der Waals surface area (Å²) in [5.41, 5.74) is -0.470. The Balaban J connectivity index is 1.66. The molecule has 2 N–H and O–H groups in total. The third-order valence-corrected chi connectivity index (χ3v) is 5.35. The van der Waals surface area contributed by atoms with E-state index in [1.54, 1.807) is 11.3 Å². The number of thiazole rings is 1. The Kier molecular flexibility index (Phi) is 9.84. The predicted octanol–water partition coefficient (Wildman–Crippen LogP) is 3.31. The lowest BCUT2D eigenvalue weighted by molar-refractivity contribution is 0.0170. The van der Waals surface area contributed by atoms with E-state index in [1.165, 1.54) is 4.88 Å². The van der Waals surface area contributed by atoms with E-state index in [-0.39, 0.29) is 12.2 Å². The van der Waals surface area contributed by atoms with Crippen LogP contribution in [0.25, 0.3) is 0 Å². The topological polar surface area (TPSA) is 88.1 Å². The number of guanidine groups is 1. The first-order valence-electron chi connectivity index (χ1n) is 10.8. The number of piperidine rings is 1. The Morgan fingerprint density at radius 3 is 2.67 bits per heavy atom. The van der Waals surface area contributed by atoms with Crippen LogP contribution < -0.4 is 10.6 Å². The molecule has 0 radical (unpaired) electrons. The number of aliphatic imine (C=N–C) groups is 1. The standard InChI is InChI=1S/C21H37N5O3S/c1-6-22-19(25-15-18-24-14-16(2)30-18)26-11-8-17(9-12-26)28-13-7-10-23-20(27)29-21(3,4)5/h14,17H,6-13,15H2,1-5H3,(H,22,25)(H,23,27). The highest BCUT2D eigenvalue weighted by Crippen LogP contribution is 2.16. The first kappa shape index (κ1) is 24.4. The number of aromatic nitrogens is 1. The van der Waals surface area contributed by atoms with Gasteiger partial charge in [0, 0.05) is 43.9 Å². The van der Waals surface area contributed by atoms with Crippen LogP contribution in [0.2, 0.25) is 0 Å². The first-order chi connectivity index (χ1) is 14.3. The van der Waals surface area contributed by atoms with Crippen LogP contribution in [-0.2, 0) is 16.0 Å². The molecule has 1 saturated heterocycles. The van der Waals surface area contributed by atoms with Crippen molar-refractivity contribution in [2.75, 3.05) is 32.8 Å². The fraction of sp³-hybridized carbons (Fsp3) is 0.762. The van der Waals surface area contributed by atoms with Gasteiger partial charge in [-0.2, -0.15) is 0 Å². The van der Waals surface area contributed by atoms with E-state index in [0.717, 1.165) is 49.9 Å². The number of hydrogen-bond acceptors (Lipinski definition) is 6. The van der Waals surface area contributed by atoms with Crippen LogP contribution in [0.15, 0.2) is 11.2 Å². The molecule has 0 atom stereocenters. The fourth-order valence-corrected chi connectivity index (χ4v) is 3.82. The maximum absolute atomic E-state index is 11.6. The van der Waals surface area contributed by atoms with Gasteiger partial charge in [-0.25, -0.2) is 14.8 Å². The van der Waals surface area contributed by atoms with E-state index in [1.807, 2.05) is 27.0 Å². The van der Waals surface area contributed by atoms with Crippen molar-refractivity contribution in [1.29, 1.82) is 0 Å². The third-order valence-electron chi connectivity index (χ3n) is 4.45. The first-order valence-corrected chi connectivity index (χ1v) is 11.6. The summed E-state index contributed by atoms with van der Waals surface area (Å²) in [7, 11) is 0. The number of alkyl carbamates (subject to hydrolysis) is 1. The second-order valence-electron chi connectivity index (χ2n) is 8.37. The van der Waals surface area contributed by atoms with Crippen molar-refractivity contribution in [3.63, 3.8) is 0 Å². The second kappa shape index (κ2) is 12.1. The van der Waals surface area contributed by atoms with Gasteiger partial charge >= 0.3 is 6.09 Å². The van der Waals surface area contributed by atoms with Gasteiger partial charge in [0.1, 0.15) is 10.6 Å². The van der Waals surface area contributed by atoms with Crippen molar-refractivity contribution >= 4 is 23.4 Å². The Hall–Kier alpha value is -1.87. The molecule has 0 aliphatic carbocycles. The van der Waals surface area contributed by atoms with Crippen molar-refractivity contribution < 1.29 is 14.3 Å². The molecule has 2 heterocycles. The van der Waals surface area contributed by atoms with Gasteiger partial charge in [0.05, 0.1) is 12.6 Å². The smallest absolute Gasteiger partial charge is 0.407 e. The number of hydrogen-bond donors (Lipinski definition) is 2. The molecule has 1 aromatic rings. The molecule has 9 heteroatoms. The summed E-state index contributed by atoms with van der Waals surface area (Å²) in [6.45, 7) is 14.2. The van der Waals surface area contributed by atoms with Gasteiger partial charge in [0.25, 0.3) is 0 Å². The van der Waals surface area contributed by atoms with E-state index < -0.39 is 5.60 Å². The van der Waals surface area contributed by atoms with E-state index >= 15 is 0 Å². The summed E-state index contributed by atoms with van der Waals surface area (Å²) in [5.74, 6) is 0.949. The number of nitrogens with one attached hydrogen (secondary N) is 2. The number of nitrogens with zero attached hydrogens (tertiary/aromatic N) is 3. The molecule has 170 valence electrons. The highest BCUT2D eigenvalue weighted by Gasteiger charge is 2.22. The molecule has 0 aromatic carbocycles. The van der Waals surface area contributed by atoms with E-state index in [0.29, 0.717) is 19.7 Å². The molecule has 0 bridgehead atoms. The van der Waals surface area contributed by atoms with Gasteiger partial charge in [-0.05, 0) is 53.9 Å². The van der Waals surface area contributed by atoms with Crippen molar-refractivity contribution in [1.82, 2.24) is 20.5 Å². The molecule has 2 rings (SSSR count). The second-order valence-corrected chi connectivity index (χ2v) is 9.69. The lowest BCUT2D eigenvalue weighted by Crippen LogP contribution is -2.47. The van der Waals surface area contributed by atoms with Crippen molar-refractivity contribution in [3.05, 3.63) is 16.1 Å². The van der Waals surface area contributed by atoms with Gasteiger partial charge in [0.15, 0.2) is 5.96 Å².